The molecule has 0 spiro atoms. The van der Waals surface area contributed by atoms with Crippen LogP contribution in [0.4, 0.5) is 17.2 Å². The van der Waals surface area contributed by atoms with Crippen LogP contribution in [0, 0.1) is 17.0 Å². The molecule has 7 heteroatoms. The molecule has 0 fully saturated rings. The molecule has 0 unspecified atom stereocenters. The van der Waals surface area contributed by atoms with Gasteiger partial charge in [0, 0.05) is 40.4 Å². The third-order valence-electron chi connectivity index (χ3n) is 3.55. The molecule has 0 N–H and O–H groups in total. The van der Waals surface area contributed by atoms with Crippen LogP contribution in [0.15, 0.2) is 24.3 Å². The van der Waals surface area contributed by atoms with E-state index in [-0.39, 0.29) is 10.6 Å². The molecule has 0 aliphatic carbocycles. The van der Waals surface area contributed by atoms with Gasteiger partial charge >= 0.3 is 5.69 Å². The van der Waals surface area contributed by atoms with Crippen molar-refractivity contribution in [2.24, 2.45) is 7.05 Å². The normalized spacial score (nSPS) is 10.6. The Morgan fingerprint density at radius 2 is 2.00 bits per heavy atom. The molecule has 0 saturated carbocycles. The lowest BCUT2D eigenvalue weighted by Gasteiger charge is -2.20. The van der Waals surface area contributed by atoms with E-state index >= 15 is 0 Å². The number of benzene rings is 1. The minimum Gasteiger partial charge on any atom is -0.378 e. The van der Waals surface area contributed by atoms with Crippen LogP contribution in [0.5, 0.6) is 0 Å². The molecular weight excluding hydrogens is 282 g/mol. The summed E-state index contributed by atoms with van der Waals surface area (Å²) in [6.45, 7) is 2.23. The van der Waals surface area contributed by atoms with E-state index in [1.54, 1.807) is 18.7 Å². The molecule has 1 aromatic carbocycles. The topological polar surface area (TPSA) is 67.4 Å². The molecule has 2 aromatic rings. The van der Waals surface area contributed by atoms with Crippen molar-refractivity contribution in [3.63, 3.8) is 0 Å². The van der Waals surface area contributed by atoms with E-state index in [4.69, 9.17) is 0 Å². The van der Waals surface area contributed by atoms with Crippen LogP contribution in [-0.4, -0.2) is 35.8 Å². The van der Waals surface area contributed by atoms with Gasteiger partial charge in [0.15, 0.2) is 0 Å². The second-order valence-corrected chi connectivity index (χ2v) is 5.56. The first-order valence-electron chi connectivity index (χ1n) is 6.96. The van der Waals surface area contributed by atoms with Crippen LogP contribution in [0.2, 0.25) is 0 Å². The maximum absolute atomic E-state index is 11.3. The number of aromatic nitrogens is 2. The van der Waals surface area contributed by atoms with Gasteiger partial charge in [-0.15, -0.1) is 0 Å². The molecule has 7 nitrogen and oxygen atoms in total. The van der Waals surface area contributed by atoms with E-state index in [1.165, 1.54) is 0 Å². The van der Waals surface area contributed by atoms with Crippen LogP contribution < -0.4 is 9.80 Å². The molecule has 1 heterocycles. The first kappa shape index (κ1) is 15.8. The number of anilines is 2. The average molecular weight is 303 g/mol. The summed E-state index contributed by atoms with van der Waals surface area (Å²) >= 11 is 0. The van der Waals surface area contributed by atoms with E-state index in [1.807, 2.05) is 49.1 Å². The number of nitrogens with zero attached hydrogens (tertiary/aromatic N) is 5. The Bertz CT molecular complexity index is 693. The summed E-state index contributed by atoms with van der Waals surface area (Å²) in [7, 11) is 7.53. The van der Waals surface area contributed by atoms with Crippen LogP contribution in [0.1, 0.15) is 11.3 Å². The summed E-state index contributed by atoms with van der Waals surface area (Å²) in [6, 6.07) is 8.10. The fraction of sp³-hybridized carbons (Fsp3) is 0.400. The summed E-state index contributed by atoms with van der Waals surface area (Å²) in [5, 5.41) is 15.4. The molecule has 0 saturated heterocycles. The lowest BCUT2D eigenvalue weighted by molar-refractivity contribution is -0.384. The second kappa shape index (κ2) is 6.05. The van der Waals surface area contributed by atoms with Gasteiger partial charge in [-0.05, 0) is 24.6 Å². The summed E-state index contributed by atoms with van der Waals surface area (Å²) < 4.78 is 1.56. The molecule has 118 valence electrons. The minimum atomic E-state index is -0.371. The predicted octanol–water partition coefficient (Wildman–Crippen LogP) is 2.34. The number of hydrogen-bond acceptors (Lipinski definition) is 5. The lowest BCUT2D eigenvalue weighted by atomic mass is 10.2. The molecule has 0 amide bonds. The van der Waals surface area contributed by atoms with Gasteiger partial charge < -0.3 is 9.80 Å². The van der Waals surface area contributed by atoms with Crippen molar-refractivity contribution in [1.29, 1.82) is 0 Å². The van der Waals surface area contributed by atoms with Gasteiger partial charge in [0.2, 0.25) is 5.82 Å². The molecular formula is C15H21N5O2. The molecule has 2 rings (SSSR count). The monoisotopic (exact) mass is 303 g/mol. The highest BCUT2D eigenvalue weighted by Crippen LogP contribution is 2.31. The molecule has 1 aromatic heterocycles. The summed E-state index contributed by atoms with van der Waals surface area (Å²) in [6.07, 6.45) is 0. The maximum Gasteiger partial charge on any atom is 0.333 e. The van der Waals surface area contributed by atoms with E-state index < -0.39 is 0 Å². The zero-order chi connectivity index (χ0) is 16.4. The summed E-state index contributed by atoms with van der Waals surface area (Å²) in [5.74, 6) is 0.512. The molecule has 0 aliphatic rings. The highest BCUT2D eigenvalue weighted by molar-refractivity contribution is 5.61. The van der Waals surface area contributed by atoms with Crippen LogP contribution in [-0.2, 0) is 13.6 Å². The molecule has 22 heavy (non-hydrogen) atoms. The van der Waals surface area contributed by atoms with Crippen LogP contribution in [0.3, 0.4) is 0 Å². The molecule has 0 aliphatic heterocycles. The van der Waals surface area contributed by atoms with Gasteiger partial charge in [0.1, 0.15) is 5.69 Å². The third kappa shape index (κ3) is 3.03. The largest absolute Gasteiger partial charge is 0.378 e. The van der Waals surface area contributed by atoms with E-state index in [0.29, 0.717) is 18.1 Å². The van der Waals surface area contributed by atoms with Crippen molar-refractivity contribution in [1.82, 2.24) is 9.78 Å². The maximum atomic E-state index is 11.3. The fourth-order valence-electron chi connectivity index (χ4n) is 2.56. The fourth-order valence-corrected chi connectivity index (χ4v) is 2.56. The van der Waals surface area contributed by atoms with E-state index in [2.05, 4.69) is 11.2 Å². The van der Waals surface area contributed by atoms with Gasteiger partial charge in [0.25, 0.3) is 0 Å². The van der Waals surface area contributed by atoms with Crippen molar-refractivity contribution >= 4 is 17.2 Å². The first-order chi connectivity index (χ1) is 10.3. The standard InChI is InChI=1S/C15H21N5O2/c1-11-14(20(21)22)15(19(5)16-11)18(4)10-12-7-6-8-13(9-12)17(2)3/h6-9H,10H2,1-5H3. The van der Waals surface area contributed by atoms with Crippen molar-refractivity contribution in [2.75, 3.05) is 30.9 Å². The Labute approximate surface area is 129 Å². The number of aryl methyl sites for hydroxylation is 2. The van der Waals surface area contributed by atoms with Gasteiger partial charge in [-0.1, -0.05) is 12.1 Å². The Kier molecular flexibility index (Phi) is 4.35. The Balaban J connectivity index is 2.32. The first-order valence-corrected chi connectivity index (χ1v) is 6.96. The second-order valence-electron chi connectivity index (χ2n) is 5.56. The Morgan fingerprint density at radius 3 is 2.59 bits per heavy atom. The number of rotatable bonds is 5. The lowest BCUT2D eigenvalue weighted by Crippen LogP contribution is -2.20. The zero-order valence-electron chi connectivity index (χ0n) is 13.6. The smallest absolute Gasteiger partial charge is 0.333 e. The van der Waals surface area contributed by atoms with Gasteiger partial charge in [-0.2, -0.15) is 5.10 Å². The van der Waals surface area contributed by atoms with E-state index in [0.717, 1.165) is 11.3 Å². The van der Waals surface area contributed by atoms with Crippen molar-refractivity contribution in [2.45, 2.75) is 13.5 Å². The summed E-state index contributed by atoms with van der Waals surface area (Å²) in [4.78, 5) is 14.8. The predicted molar refractivity (Wildman–Crippen MR) is 87.5 cm³/mol. The number of nitro groups is 1. The average Bonchev–Trinajstić information content (AvgIpc) is 2.73. The van der Waals surface area contributed by atoms with Gasteiger partial charge in [-0.25, -0.2) is 4.68 Å². The number of hydrogen-bond donors (Lipinski definition) is 0. The van der Waals surface area contributed by atoms with Gasteiger partial charge in [0.05, 0.1) is 4.92 Å². The molecule has 0 radical (unpaired) electrons. The Hall–Kier alpha value is -2.57. The molecule has 0 atom stereocenters. The zero-order valence-corrected chi connectivity index (χ0v) is 13.6. The van der Waals surface area contributed by atoms with Crippen LogP contribution >= 0.6 is 0 Å². The third-order valence-corrected chi connectivity index (χ3v) is 3.55. The molecule has 0 bridgehead atoms. The summed E-state index contributed by atoms with van der Waals surface area (Å²) in [5.41, 5.74) is 2.67. The SMILES string of the molecule is Cc1nn(C)c(N(C)Cc2cccc(N(C)C)c2)c1[N+](=O)[O-]. The van der Waals surface area contributed by atoms with Gasteiger partial charge in [-0.3, -0.25) is 10.1 Å². The van der Waals surface area contributed by atoms with E-state index in [9.17, 15) is 10.1 Å². The Morgan fingerprint density at radius 1 is 1.32 bits per heavy atom. The van der Waals surface area contributed by atoms with Crippen molar-refractivity contribution in [3.05, 3.63) is 45.6 Å². The minimum absolute atomic E-state index is 0.0637. The highest BCUT2D eigenvalue weighted by Gasteiger charge is 2.26. The highest BCUT2D eigenvalue weighted by atomic mass is 16.6. The van der Waals surface area contributed by atoms with Crippen LogP contribution in [0.25, 0.3) is 0 Å². The quantitative estimate of drug-likeness (QED) is 0.626. The van der Waals surface area contributed by atoms with Crippen molar-refractivity contribution < 1.29 is 4.92 Å². The van der Waals surface area contributed by atoms with Crippen molar-refractivity contribution in [3.8, 4) is 0 Å².